The molecule has 0 bridgehead atoms. The molecular weight excluding hydrogens is 228 g/mol. The first-order valence-electron chi connectivity index (χ1n) is 5.98. The van der Waals surface area contributed by atoms with E-state index in [4.69, 9.17) is 11.3 Å². The van der Waals surface area contributed by atoms with E-state index in [0.29, 0.717) is 19.4 Å². The Morgan fingerprint density at radius 1 is 1.39 bits per heavy atom. The summed E-state index contributed by atoms with van der Waals surface area (Å²) >= 11 is 0. The van der Waals surface area contributed by atoms with E-state index in [-0.39, 0.29) is 11.8 Å². The average Bonchev–Trinajstić information content (AvgIpc) is 2.40. The van der Waals surface area contributed by atoms with Crippen LogP contribution in [0.3, 0.4) is 0 Å². The first-order chi connectivity index (χ1) is 8.65. The molecule has 0 amide bonds. The number of hydrogen-bond donors (Lipinski definition) is 1. The van der Waals surface area contributed by atoms with Crippen LogP contribution in [0.1, 0.15) is 25.8 Å². The number of carbonyl (C=O) groups is 1. The highest BCUT2D eigenvalue weighted by Gasteiger charge is 2.10. The molecule has 1 aromatic rings. The van der Waals surface area contributed by atoms with Crippen molar-refractivity contribution < 1.29 is 4.79 Å². The zero-order valence-electron chi connectivity index (χ0n) is 10.9. The molecule has 0 heterocycles. The highest BCUT2D eigenvalue weighted by Crippen LogP contribution is 2.03. The molecule has 0 radical (unpaired) electrons. The van der Waals surface area contributed by atoms with Gasteiger partial charge >= 0.3 is 0 Å². The summed E-state index contributed by atoms with van der Waals surface area (Å²) in [7, 11) is 0. The van der Waals surface area contributed by atoms with Crippen molar-refractivity contribution in [3.05, 3.63) is 46.3 Å². The van der Waals surface area contributed by atoms with E-state index in [2.05, 4.69) is 10.0 Å². The fraction of sp³-hybridized carbons (Fsp3) is 0.462. The summed E-state index contributed by atoms with van der Waals surface area (Å²) in [5, 5.41) is 3.15. The van der Waals surface area contributed by atoms with Crippen LogP contribution in [0.4, 0.5) is 0 Å². The molecule has 98 valence electrons. The Kier molecular flexibility index (Phi) is 9.27. The third kappa shape index (κ3) is 7.44. The Balaban J connectivity index is 0.000000494. The van der Waals surface area contributed by atoms with E-state index in [1.165, 1.54) is 0 Å². The van der Waals surface area contributed by atoms with E-state index < -0.39 is 0 Å². The fourth-order valence-corrected chi connectivity index (χ4v) is 1.31. The van der Waals surface area contributed by atoms with Crippen molar-refractivity contribution in [3.8, 4) is 0 Å². The highest BCUT2D eigenvalue weighted by atomic mass is 16.1. The van der Waals surface area contributed by atoms with Gasteiger partial charge in [0.05, 0.1) is 6.04 Å². The summed E-state index contributed by atoms with van der Waals surface area (Å²) in [4.78, 5) is 13.7. The SMILES string of the molecule is CCC(=O)C(N)Cc1ccccc1.CCN=[N+]=[N-]. The lowest BCUT2D eigenvalue weighted by Gasteiger charge is -2.08. The zero-order chi connectivity index (χ0) is 13.8. The first kappa shape index (κ1) is 16.2. The van der Waals surface area contributed by atoms with Crippen molar-refractivity contribution in [2.75, 3.05) is 6.54 Å². The maximum absolute atomic E-state index is 11.2. The van der Waals surface area contributed by atoms with Crippen LogP contribution in [-0.4, -0.2) is 18.4 Å². The average molecular weight is 248 g/mol. The van der Waals surface area contributed by atoms with Gasteiger partial charge in [-0.1, -0.05) is 49.3 Å². The highest BCUT2D eigenvalue weighted by molar-refractivity contribution is 5.83. The van der Waals surface area contributed by atoms with Gasteiger partial charge in [0.15, 0.2) is 0 Å². The van der Waals surface area contributed by atoms with Gasteiger partial charge < -0.3 is 5.73 Å². The molecule has 1 atom stereocenters. The minimum Gasteiger partial charge on any atom is -0.321 e. The van der Waals surface area contributed by atoms with E-state index in [1.54, 1.807) is 6.92 Å². The van der Waals surface area contributed by atoms with Crippen LogP contribution in [0.2, 0.25) is 0 Å². The third-order valence-electron chi connectivity index (χ3n) is 2.27. The molecule has 18 heavy (non-hydrogen) atoms. The van der Waals surface area contributed by atoms with Crippen molar-refractivity contribution in [2.45, 2.75) is 32.7 Å². The smallest absolute Gasteiger partial charge is 0.149 e. The van der Waals surface area contributed by atoms with Crippen molar-refractivity contribution in [1.29, 1.82) is 0 Å². The predicted octanol–water partition coefficient (Wildman–Crippen LogP) is 2.85. The number of carbonyl (C=O) groups excluding carboxylic acids is 1. The molecule has 0 aliphatic rings. The van der Waals surface area contributed by atoms with Crippen LogP contribution in [0.15, 0.2) is 35.4 Å². The molecule has 5 nitrogen and oxygen atoms in total. The molecule has 5 heteroatoms. The van der Waals surface area contributed by atoms with Gasteiger partial charge in [-0.15, -0.1) is 0 Å². The molecule has 2 N–H and O–H groups in total. The normalized spacial score (nSPS) is 10.6. The van der Waals surface area contributed by atoms with Crippen molar-refractivity contribution >= 4 is 5.78 Å². The van der Waals surface area contributed by atoms with Gasteiger partial charge in [-0.3, -0.25) is 4.79 Å². The number of benzene rings is 1. The summed E-state index contributed by atoms with van der Waals surface area (Å²) in [6.45, 7) is 4.18. The third-order valence-corrected chi connectivity index (χ3v) is 2.27. The van der Waals surface area contributed by atoms with Crippen LogP contribution in [0, 0.1) is 0 Å². The minimum absolute atomic E-state index is 0.129. The Bertz CT molecular complexity index is 385. The number of hydrogen-bond acceptors (Lipinski definition) is 3. The molecule has 0 saturated heterocycles. The number of ketones is 1. The molecule has 1 rings (SSSR count). The van der Waals surface area contributed by atoms with Crippen LogP contribution in [-0.2, 0) is 11.2 Å². The predicted molar refractivity (Wildman–Crippen MR) is 73.1 cm³/mol. The first-order valence-corrected chi connectivity index (χ1v) is 5.98. The number of nitrogens with zero attached hydrogens (tertiary/aromatic N) is 3. The van der Waals surface area contributed by atoms with Gasteiger partial charge in [-0.25, -0.2) is 0 Å². The number of azide groups is 1. The van der Waals surface area contributed by atoms with Gasteiger partial charge in [-0.2, -0.15) is 0 Å². The van der Waals surface area contributed by atoms with Crippen LogP contribution in [0.25, 0.3) is 10.4 Å². The van der Waals surface area contributed by atoms with E-state index >= 15 is 0 Å². The summed E-state index contributed by atoms with van der Waals surface area (Å²) in [5.74, 6) is 0.129. The van der Waals surface area contributed by atoms with E-state index in [0.717, 1.165) is 5.56 Å². The molecule has 0 fully saturated rings. The Labute approximate surface area is 108 Å². The second-order valence-corrected chi connectivity index (χ2v) is 3.66. The van der Waals surface area contributed by atoms with Crippen molar-refractivity contribution in [2.24, 2.45) is 10.8 Å². The fourth-order valence-electron chi connectivity index (χ4n) is 1.31. The van der Waals surface area contributed by atoms with Gasteiger partial charge in [0.1, 0.15) is 5.78 Å². The van der Waals surface area contributed by atoms with E-state index in [1.807, 2.05) is 37.3 Å². The largest absolute Gasteiger partial charge is 0.321 e. The molecule has 1 unspecified atom stereocenters. The maximum Gasteiger partial charge on any atom is 0.149 e. The zero-order valence-corrected chi connectivity index (χ0v) is 10.9. The van der Waals surface area contributed by atoms with Crippen molar-refractivity contribution in [1.82, 2.24) is 0 Å². The monoisotopic (exact) mass is 248 g/mol. The molecular formula is C13H20N4O. The van der Waals surface area contributed by atoms with Gasteiger partial charge in [0, 0.05) is 17.9 Å². The second-order valence-electron chi connectivity index (χ2n) is 3.66. The molecule has 0 aromatic heterocycles. The van der Waals surface area contributed by atoms with Gasteiger partial charge in [-0.05, 0) is 17.5 Å². The summed E-state index contributed by atoms with van der Waals surface area (Å²) < 4.78 is 0. The molecule has 0 aliphatic carbocycles. The number of nitrogens with two attached hydrogens (primary N) is 1. The Morgan fingerprint density at radius 3 is 2.39 bits per heavy atom. The lowest BCUT2D eigenvalue weighted by atomic mass is 10.0. The van der Waals surface area contributed by atoms with Crippen LogP contribution >= 0.6 is 0 Å². The molecule has 0 aliphatic heterocycles. The lowest BCUT2D eigenvalue weighted by molar-refractivity contribution is -0.119. The molecule has 0 spiro atoms. The number of Topliss-reactive ketones (excluding diaryl/α,β-unsaturated/α-hetero) is 1. The Morgan fingerprint density at radius 2 is 2.00 bits per heavy atom. The van der Waals surface area contributed by atoms with Crippen LogP contribution < -0.4 is 5.73 Å². The summed E-state index contributed by atoms with van der Waals surface area (Å²) in [5.41, 5.74) is 14.4. The summed E-state index contributed by atoms with van der Waals surface area (Å²) in [6, 6.07) is 9.51. The van der Waals surface area contributed by atoms with Crippen LogP contribution in [0.5, 0.6) is 0 Å². The van der Waals surface area contributed by atoms with Gasteiger partial charge in [0.2, 0.25) is 0 Å². The maximum atomic E-state index is 11.2. The van der Waals surface area contributed by atoms with Gasteiger partial charge in [0.25, 0.3) is 0 Å². The minimum atomic E-state index is -0.340. The van der Waals surface area contributed by atoms with E-state index in [9.17, 15) is 4.79 Å². The molecule has 1 aromatic carbocycles. The second kappa shape index (κ2) is 10.3. The standard InChI is InChI=1S/C11H15NO.C2H5N3/c1-2-11(13)10(12)8-9-6-4-3-5-7-9;1-2-4-5-3/h3-7,10H,2,8,12H2,1H3;2H2,1H3. The quantitative estimate of drug-likeness (QED) is 0.493. The topological polar surface area (TPSA) is 91.9 Å². The molecule has 0 saturated carbocycles. The van der Waals surface area contributed by atoms with Crippen molar-refractivity contribution in [3.63, 3.8) is 0 Å². The number of rotatable bonds is 5. The Hall–Kier alpha value is -1.84. The summed E-state index contributed by atoms with van der Waals surface area (Å²) in [6.07, 6.45) is 1.17. The lowest BCUT2D eigenvalue weighted by Crippen LogP contribution is -2.32.